The number of aromatic nitrogens is 2. The number of H-pyrrole nitrogens is 1. The molecule has 1 atom stereocenters. The summed E-state index contributed by atoms with van der Waals surface area (Å²) in [5, 5.41) is 6.62. The highest BCUT2D eigenvalue weighted by Crippen LogP contribution is 2.27. The Morgan fingerprint density at radius 3 is 3.28 bits per heavy atom. The summed E-state index contributed by atoms with van der Waals surface area (Å²) in [6, 6.07) is 3.89. The molecule has 94 valence electrons. The molecule has 5 heteroatoms. The van der Waals surface area contributed by atoms with E-state index in [1.54, 1.807) is 17.4 Å². The molecule has 2 heterocycles. The van der Waals surface area contributed by atoms with E-state index in [1.165, 1.54) is 5.56 Å². The number of aromatic amines is 1. The molecule has 3 rings (SSSR count). The molecule has 1 aliphatic carbocycles. The van der Waals surface area contributed by atoms with Gasteiger partial charge >= 0.3 is 0 Å². The van der Waals surface area contributed by atoms with Crippen LogP contribution in [0.5, 0.6) is 0 Å². The molecule has 1 aliphatic rings. The molecule has 0 aliphatic heterocycles. The average molecular weight is 261 g/mol. The predicted octanol–water partition coefficient (Wildman–Crippen LogP) is 2.00. The van der Waals surface area contributed by atoms with Crippen molar-refractivity contribution in [2.45, 2.75) is 31.8 Å². The van der Waals surface area contributed by atoms with Crippen LogP contribution in [0.2, 0.25) is 0 Å². The molecule has 0 radical (unpaired) electrons. The molecule has 0 bridgehead atoms. The summed E-state index contributed by atoms with van der Waals surface area (Å²) in [5.74, 6) is 0. The standard InChI is InChI=1S/C13H15N3OS/c17-12-5-4-9-10(2-1-3-11(9)16-12)15-8-13-14-6-7-18-13/h4-7,10,15H,1-3,8H2,(H,16,17). The Balaban J connectivity index is 1.77. The molecular formula is C13H15N3OS. The van der Waals surface area contributed by atoms with Crippen molar-refractivity contribution in [3.05, 3.63) is 50.3 Å². The summed E-state index contributed by atoms with van der Waals surface area (Å²) in [5.41, 5.74) is 2.32. The van der Waals surface area contributed by atoms with Gasteiger partial charge in [-0.25, -0.2) is 4.98 Å². The lowest BCUT2D eigenvalue weighted by Gasteiger charge is -2.25. The van der Waals surface area contributed by atoms with Crippen LogP contribution in [0.25, 0.3) is 0 Å². The molecule has 2 N–H and O–H groups in total. The van der Waals surface area contributed by atoms with E-state index in [0.717, 1.165) is 36.5 Å². The Labute approximate surface area is 109 Å². The van der Waals surface area contributed by atoms with Crippen LogP contribution in [0.4, 0.5) is 0 Å². The summed E-state index contributed by atoms with van der Waals surface area (Å²) in [4.78, 5) is 18.5. The van der Waals surface area contributed by atoms with Crippen molar-refractivity contribution in [1.82, 2.24) is 15.3 Å². The van der Waals surface area contributed by atoms with Gasteiger partial charge in [-0.3, -0.25) is 4.79 Å². The van der Waals surface area contributed by atoms with E-state index in [0.29, 0.717) is 6.04 Å². The van der Waals surface area contributed by atoms with E-state index in [4.69, 9.17) is 0 Å². The number of nitrogens with zero attached hydrogens (tertiary/aromatic N) is 1. The van der Waals surface area contributed by atoms with E-state index in [-0.39, 0.29) is 5.56 Å². The minimum Gasteiger partial charge on any atom is -0.326 e. The molecular weight excluding hydrogens is 246 g/mol. The van der Waals surface area contributed by atoms with Gasteiger partial charge in [0.25, 0.3) is 0 Å². The molecule has 0 amide bonds. The van der Waals surface area contributed by atoms with E-state index in [1.807, 2.05) is 17.6 Å². The van der Waals surface area contributed by atoms with Crippen LogP contribution in [-0.2, 0) is 13.0 Å². The van der Waals surface area contributed by atoms with Gasteiger partial charge in [0.2, 0.25) is 5.56 Å². The summed E-state index contributed by atoms with van der Waals surface area (Å²) in [6.45, 7) is 0.793. The Morgan fingerprint density at radius 1 is 1.50 bits per heavy atom. The first-order valence-electron chi connectivity index (χ1n) is 6.17. The monoisotopic (exact) mass is 261 g/mol. The van der Waals surface area contributed by atoms with E-state index < -0.39 is 0 Å². The number of hydrogen-bond acceptors (Lipinski definition) is 4. The molecule has 0 saturated carbocycles. The first kappa shape index (κ1) is 11.6. The molecule has 0 fully saturated rings. The maximum absolute atomic E-state index is 11.3. The second kappa shape index (κ2) is 5.04. The lowest BCUT2D eigenvalue weighted by molar-refractivity contribution is 0.453. The van der Waals surface area contributed by atoms with Crippen LogP contribution in [0.1, 0.15) is 35.1 Å². The van der Waals surface area contributed by atoms with E-state index in [2.05, 4.69) is 15.3 Å². The molecule has 18 heavy (non-hydrogen) atoms. The molecule has 0 spiro atoms. The van der Waals surface area contributed by atoms with Gasteiger partial charge in [0.1, 0.15) is 5.01 Å². The highest BCUT2D eigenvalue weighted by molar-refractivity contribution is 7.09. The Kier molecular flexibility index (Phi) is 3.25. The van der Waals surface area contributed by atoms with Crippen molar-refractivity contribution >= 4 is 11.3 Å². The molecule has 2 aromatic rings. The summed E-state index contributed by atoms with van der Waals surface area (Å²) in [7, 11) is 0. The summed E-state index contributed by atoms with van der Waals surface area (Å²) >= 11 is 1.66. The van der Waals surface area contributed by atoms with Gasteiger partial charge in [-0.2, -0.15) is 0 Å². The lowest BCUT2D eigenvalue weighted by atomic mass is 9.91. The van der Waals surface area contributed by atoms with Crippen LogP contribution in [0.3, 0.4) is 0 Å². The van der Waals surface area contributed by atoms with Crippen LogP contribution in [-0.4, -0.2) is 9.97 Å². The minimum absolute atomic E-state index is 0.00526. The van der Waals surface area contributed by atoms with Crippen LogP contribution in [0.15, 0.2) is 28.5 Å². The van der Waals surface area contributed by atoms with Crippen molar-refractivity contribution in [3.8, 4) is 0 Å². The number of aryl methyl sites for hydroxylation is 1. The van der Waals surface area contributed by atoms with Crippen molar-refractivity contribution < 1.29 is 0 Å². The van der Waals surface area contributed by atoms with Gasteiger partial charge in [-0.15, -0.1) is 11.3 Å². The summed E-state index contributed by atoms with van der Waals surface area (Å²) < 4.78 is 0. The first-order chi connectivity index (χ1) is 8.83. The van der Waals surface area contributed by atoms with Crippen molar-refractivity contribution in [3.63, 3.8) is 0 Å². The van der Waals surface area contributed by atoms with Crippen LogP contribution < -0.4 is 10.9 Å². The highest BCUT2D eigenvalue weighted by Gasteiger charge is 2.20. The Hall–Kier alpha value is -1.46. The number of hydrogen-bond donors (Lipinski definition) is 2. The molecule has 2 aromatic heterocycles. The zero-order valence-electron chi connectivity index (χ0n) is 9.98. The first-order valence-corrected chi connectivity index (χ1v) is 7.05. The third-order valence-corrected chi connectivity index (χ3v) is 4.09. The number of rotatable bonds is 3. The van der Waals surface area contributed by atoms with Crippen molar-refractivity contribution in [1.29, 1.82) is 0 Å². The quantitative estimate of drug-likeness (QED) is 0.888. The fourth-order valence-electron chi connectivity index (χ4n) is 2.46. The third-order valence-electron chi connectivity index (χ3n) is 3.31. The van der Waals surface area contributed by atoms with Crippen LogP contribution in [0, 0.1) is 0 Å². The van der Waals surface area contributed by atoms with Gasteiger partial charge in [0, 0.05) is 35.9 Å². The Morgan fingerprint density at radius 2 is 2.44 bits per heavy atom. The topological polar surface area (TPSA) is 57.8 Å². The van der Waals surface area contributed by atoms with Crippen molar-refractivity contribution in [2.24, 2.45) is 0 Å². The zero-order valence-corrected chi connectivity index (χ0v) is 10.8. The SMILES string of the molecule is O=c1ccc2c([nH]1)CCCC2NCc1nccs1. The number of nitrogens with one attached hydrogen (secondary N) is 2. The van der Waals surface area contributed by atoms with Gasteiger partial charge in [0.05, 0.1) is 0 Å². The maximum atomic E-state index is 11.3. The number of pyridine rings is 1. The normalized spacial score (nSPS) is 18.6. The van der Waals surface area contributed by atoms with E-state index >= 15 is 0 Å². The predicted molar refractivity (Wildman–Crippen MR) is 71.7 cm³/mol. The van der Waals surface area contributed by atoms with Gasteiger partial charge in [-0.05, 0) is 24.8 Å². The van der Waals surface area contributed by atoms with Crippen LogP contribution >= 0.6 is 11.3 Å². The summed E-state index contributed by atoms with van der Waals surface area (Å²) in [6.07, 6.45) is 5.03. The van der Waals surface area contributed by atoms with Gasteiger partial charge < -0.3 is 10.3 Å². The average Bonchev–Trinajstić information content (AvgIpc) is 2.89. The second-order valence-corrected chi connectivity index (χ2v) is 5.49. The van der Waals surface area contributed by atoms with Gasteiger partial charge in [-0.1, -0.05) is 6.07 Å². The second-order valence-electron chi connectivity index (χ2n) is 4.51. The Bertz CT molecular complexity index is 576. The maximum Gasteiger partial charge on any atom is 0.248 e. The number of thiazole rings is 1. The zero-order chi connectivity index (χ0) is 12.4. The van der Waals surface area contributed by atoms with E-state index in [9.17, 15) is 4.79 Å². The fraction of sp³-hybridized carbons (Fsp3) is 0.385. The van der Waals surface area contributed by atoms with Gasteiger partial charge in [0.15, 0.2) is 0 Å². The molecule has 4 nitrogen and oxygen atoms in total. The molecule has 1 unspecified atom stereocenters. The van der Waals surface area contributed by atoms with Crippen molar-refractivity contribution in [2.75, 3.05) is 0 Å². The largest absolute Gasteiger partial charge is 0.326 e. The number of fused-ring (bicyclic) bond motifs is 1. The molecule has 0 aromatic carbocycles. The highest BCUT2D eigenvalue weighted by atomic mass is 32.1. The fourth-order valence-corrected chi connectivity index (χ4v) is 3.03. The third kappa shape index (κ3) is 2.37. The smallest absolute Gasteiger partial charge is 0.248 e. The lowest BCUT2D eigenvalue weighted by Crippen LogP contribution is -2.27. The molecule has 0 saturated heterocycles. The minimum atomic E-state index is -0.00526.